The number of rotatable bonds is 4. The average molecular weight is 274 g/mol. The first-order valence-electron chi connectivity index (χ1n) is 6.55. The highest BCUT2D eigenvalue weighted by Gasteiger charge is 2.11. The summed E-state index contributed by atoms with van der Waals surface area (Å²) in [6.07, 6.45) is 3.15. The average Bonchev–Trinajstić information content (AvgIpc) is 2.83. The van der Waals surface area contributed by atoms with Crippen molar-refractivity contribution in [3.63, 3.8) is 0 Å². The number of carbonyl (C=O) groups excluding carboxylic acids is 1. The Kier molecular flexibility index (Phi) is 4.38. The van der Waals surface area contributed by atoms with Crippen LogP contribution in [0, 0.1) is 0 Å². The second-order valence-corrected chi connectivity index (χ2v) is 5.33. The Balaban J connectivity index is 2.41. The summed E-state index contributed by atoms with van der Waals surface area (Å²) in [4.78, 5) is 12.4. The predicted octanol–water partition coefficient (Wildman–Crippen LogP) is 4.89. The van der Waals surface area contributed by atoms with Gasteiger partial charge in [0.2, 0.25) is 0 Å². The van der Waals surface area contributed by atoms with Gasteiger partial charge in [-0.1, -0.05) is 19.1 Å². The minimum Gasteiger partial charge on any atom is -0.462 e. The number of benzene rings is 1. The van der Waals surface area contributed by atoms with Gasteiger partial charge in [-0.05, 0) is 55.0 Å². The van der Waals surface area contributed by atoms with Crippen LogP contribution in [0.25, 0.3) is 15.7 Å². The van der Waals surface area contributed by atoms with Crippen molar-refractivity contribution in [3.05, 3.63) is 40.8 Å². The number of hydrogen-bond donors (Lipinski definition) is 0. The third-order valence-electron chi connectivity index (χ3n) is 3.09. The van der Waals surface area contributed by atoms with Crippen LogP contribution in [0.2, 0.25) is 0 Å². The van der Waals surface area contributed by atoms with Gasteiger partial charge in [-0.15, -0.1) is 11.3 Å². The molecule has 2 aromatic rings. The van der Waals surface area contributed by atoms with Crippen molar-refractivity contribution in [2.45, 2.75) is 27.2 Å². The molecule has 0 fully saturated rings. The molecule has 0 radical (unpaired) electrons. The molecule has 0 aliphatic rings. The zero-order valence-electron chi connectivity index (χ0n) is 11.5. The van der Waals surface area contributed by atoms with Gasteiger partial charge in [0, 0.05) is 4.70 Å². The molecule has 2 rings (SSSR count). The van der Waals surface area contributed by atoms with Gasteiger partial charge >= 0.3 is 5.97 Å². The molecular weight excluding hydrogens is 256 g/mol. The zero-order valence-corrected chi connectivity index (χ0v) is 12.3. The molecule has 19 heavy (non-hydrogen) atoms. The Morgan fingerprint density at radius 1 is 1.32 bits per heavy atom. The quantitative estimate of drug-likeness (QED) is 0.742. The second-order valence-electron chi connectivity index (χ2n) is 4.25. The second kappa shape index (κ2) is 6.02. The highest BCUT2D eigenvalue weighted by Crippen LogP contribution is 2.29. The molecule has 2 nitrogen and oxygen atoms in total. The van der Waals surface area contributed by atoms with E-state index in [1.54, 1.807) is 0 Å². The van der Waals surface area contributed by atoms with Gasteiger partial charge in [0.15, 0.2) is 0 Å². The fraction of sp³-hybridized carbons (Fsp3) is 0.312. The molecule has 0 aliphatic carbocycles. The van der Waals surface area contributed by atoms with Crippen LogP contribution in [0.5, 0.6) is 0 Å². The lowest BCUT2D eigenvalue weighted by atomic mass is 10.0. The summed E-state index contributed by atoms with van der Waals surface area (Å²) < 4.78 is 6.16. The van der Waals surface area contributed by atoms with Crippen LogP contribution in [-0.2, 0) is 4.74 Å². The molecule has 1 heterocycles. The molecule has 3 heteroatoms. The van der Waals surface area contributed by atoms with E-state index < -0.39 is 0 Å². The molecular formula is C16H18O2S. The van der Waals surface area contributed by atoms with Gasteiger partial charge in [-0.25, -0.2) is 4.79 Å². The smallest absolute Gasteiger partial charge is 0.348 e. The number of esters is 1. The first-order valence-corrected chi connectivity index (χ1v) is 7.37. The third-order valence-corrected chi connectivity index (χ3v) is 4.19. The number of hydrogen-bond acceptors (Lipinski definition) is 3. The summed E-state index contributed by atoms with van der Waals surface area (Å²) in [5.74, 6) is -0.230. The first-order chi connectivity index (χ1) is 9.19. The van der Waals surface area contributed by atoms with Crippen molar-refractivity contribution in [2.24, 2.45) is 0 Å². The van der Waals surface area contributed by atoms with Crippen LogP contribution >= 0.6 is 11.3 Å². The lowest BCUT2D eigenvalue weighted by Crippen LogP contribution is -2.01. The molecule has 1 aromatic carbocycles. The summed E-state index contributed by atoms with van der Waals surface area (Å²) in [5, 5.41) is 1.11. The summed E-state index contributed by atoms with van der Waals surface area (Å²) in [5.41, 5.74) is 2.55. The van der Waals surface area contributed by atoms with E-state index in [2.05, 4.69) is 38.1 Å². The normalized spacial score (nSPS) is 11.8. The summed E-state index contributed by atoms with van der Waals surface area (Å²) in [6.45, 7) is 6.44. The first kappa shape index (κ1) is 13.8. The van der Waals surface area contributed by atoms with Crippen LogP contribution in [0.4, 0.5) is 0 Å². The van der Waals surface area contributed by atoms with Crippen molar-refractivity contribution in [3.8, 4) is 0 Å². The van der Waals surface area contributed by atoms with Gasteiger partial charge in [0.25, 0.3) is 0 Å². The van der Waals surface area contributed by atoms with E-state index in [1.165, 1.54) is 22.5 Å². The maximum atomic E-state index is 11.7. The zero-order chi connectivity index (χ0) is 13.8. The van der Waals surface area contributed by atoms with Crippen LogP contribution in [-0.4, -0.2) is 12.6 Å². The van der Waals surface area contributed by atoms with Crippen LogP contribution in [0.3, 0.4) is 0 Å². The lowest BCUT2D eigenvalue weighted by Gasteiger charge is -2.03. The molecule has 100 valence electrons. The van der Waals surface area contributed by atoms with E-state index in [0.717, 1.165) is 16.5 Å². The van der Waals surface area contributed by atoms with E-state index in [-0.39, 0.29) is 5.97 Å². The van der Waals surface area contributed by atoms with Crippen molar-refractivity contribution >= 4 is 33.0 Å². The SMILES string of the molecule is C/C=C(/CC)c1ccc2sc(C(=O)OCC)cc2c1. The largest absolute Gasteiger partial charge is 0.462 e. The van der Waals surface area contributed by atoms with Crippen molar-refractivity contribution in [2.75, 3.05) is 6.61 Å². The van der Waals surface area contributed by atoms with E-state index in [9.17, 15) is 4.79 Å². The Hall–Kier alpha value is -1.61. The molecule has 0 unspecified atom stereocenters. The molecule has 1 aromatic heterocycles. The molecule has 0 saturated heterocycles. The fourth-order valence-electron chi connectivity index (χ4n) is 2.12. The van der Waals surface area contributed by atoms with Crippen LogP contribution in [0.15, 0.2) is 30.3 Å². The van der Waals surface area contributed by atoms with Crippen LogP contribution in [0.1, 0.15) is 42.4 Å². The van der Waals surface area contributed by atoms with Gasteiger partial charge in [-0.3, -0.25) is 0 Å². The molecule has 0 atom stereocenters. The van der Waals surface area contributed by atoms with Crippen molar-refractivity contribution in [1.82, 2.24) is 0 Å². The van der Waals surface area contributed by atoms with E-state index in [1.807, 2.05) is 13.0 Å². The van der Waals surface area contributed by atoms with E-state index >= 15 is 0 Å². The monoisotopic (exact) mass is 274 g/mol. The van der Waals surface area contributed by atoms with Crippen LogP contribution < -0.4 is 0 Å². The summed E-state index contributed by atoms with van der Waals surface area (Å²) in [6, 6.07) is 8.27. The summed E-state index contributed by atoms with van der Waals surface area (Å²) in [7, 11) is 0. The Morgan fingerprint density at radius 3 is 2.74 bits per heavy atom. The molecule has 0 saturated carbocycles. The van der Waals surface area contributed by atoms with E-state index in [4.69, 9.17) is 4.74 Å². The Morgan fingerprint density at radius 2 is 2.11 bits per heavy atom. The number of carbonyl (C=O) groups is 1. The maximum absolute atomic E-state index is 11.7. The van der Waals surface area contributed by atoms with E-state index in [0.29, 0.717) is 11.5 Å². The summed E-state index contributed by atoms with van der Waals surface area (Å²) >= 11 is 1.49. The molecule has 0 bridgehead atoms. The number of allylic oxidation sites excluding steroid dienone is 2. The highest BCUT2D eigenvalue weighted by molar-refractivity contribution is 7.20. The highest BCUT2D eigenvalue weighted by atomic mass is 32.1. The topological polar surface area (TPSA) is 26.3 Å². The number of fused-ring (bicyclic) bond motifs is 1. The molecule has 0 spiro atoms. The third kappa shape index (κ3) is 2.87. The number of ether oxygens (including phenoxy) is 1. The standard InChI is InChI=1S/C16H18O2S/c1-4-11(5-2)12-7-8-14-13(9-12)10-15(19-14)16(17)18-6-3/h4,7-10H,5-6H2,1-3H3/b11-4-. The van der Waals surface area contributed by atoms with Crippen molar-refractivity contribution < 1.29 is 9.53 Å². The lowest BCUT2D eigenvalue weighted by molar-refractivity contribution is 0.0532. The Labute approximate surface area is 117 Å². The van der Waals surface area contributed by atoms with Gasteiger partial charge in [0.05, 0.1) is 6.61 Å². The van der Waals surface area contributed by atoms with Gasteiger partial charge < -0.3 is 4.74 Å². The predicted molar refractivity (Wildman–Crippen MR) is 81.7 cm³/mol. The van der Waals surface area contributed by atoms with Gasteiger partial charge in [-0.2, -0.15) is 0 Å². The molecule has 0 N–H and O–H groups in total. The maximum Gasteiger partial charge on any atom is 0.348 e. The fourth-order valence-corrected chi connectivity index (χ4v) is 3.06. The molecule has 0 amide bonds. The minimum atomic E-state index is -0.230. The van der Waals surface area contributed by atoms with Gasteiger partial charge in [0.1, 0.15) is 4.88 Å². The minimum absolute atomic E-state index is 0.230. The molecule has 0 aliphatic heterocycles. The number of thiophene rings is 1. The Bertz CT molecular complexity index is 623. The van der Waals surface area contributed by atoms with Crippen molar-refractivity contribution in [1.29, 1.82) is 0 Å².